The molecule has 0 unspecified atom stereocenters. The predicted molar refractivity (Wildman–Crippen MR) is 115 cm³/mol. The van der Waals surface area contributed by atoms with Gasteiger partial charge in [0.15, 0.2) is 11.7 Å². The molecule has 2 rings (SSSR count). The Labute approximate surface area is 176 Å². The number of carbonyl (C=O) groups excluding carboxylic acids is 2. The molecule has 162 valence electrons. The third-order valence-corrected chi connectivity index (χ3v) is 3.86. The molecule has 0 radical (unpaired) electrons. The Kier molecular flexibility index (Phi) is 7.85. The zero-order valence-corrected chi connectivity index (χ0v) is 17.7. The van der Waals surface area contributed by atoms with Gasteiger partial charge in [-0.25, -0.2) is 4.79 Å². The van der Waals surface area contributed by atoms with Crippen molar-refractivity contribution in [2.24, 2.45) is 10.7 Å². The second-order valence-electron chi connectivity index (χ2n) is 7.56. The molecule has 0 bridgehead atoms. The van der Waals surface area contributed by atoms with Gasteiger partial charge in [0.1, 0.15) is 11.4 Å². The predicted octanol–water partition coefficient (Wildman–Crippen LogP) is 2.63. The van der Waals surface area contributed by atoms with Gasteiger partial charge in [0.25, 0.3) is 5.91 Å². The Balaban J connectivity index is 1.75. The van der Waals surface area contributed by atoms with Crippen LogP contribution >= 0.6 is 0 Å². The molecule has 9 nitrogen and oxygen atoms in total. The van der Waals surface area contributed by atoms with E-state index in [-0.39, 0.29) is 5.76 Å². The summed E-state index contributed by atoms with van der Waals surface area (Å²) in [6.07, 6.45) is 0.284. The Morgan fingerprint density at radius 1 is 1.10 bits per heavy atom. The lowest BCUT2D eigenvalue weighted by atomic mass is 10.1. The maximum atomic E-state index is 11.8. The highest BCUT2D eigenvalue weighted by Crippen LogP contribution is 2.13. The average Bonchev–Trinajstić information content (AvgIpc) is 3.13. The number of benzene rings is 1. The van der Waals surface area contributed by atoms with Crippen molar-refractivity contribution in [1.29, 1.82) is 0 Å². The molecule has 0 fully saturated rings. The summed E-state index contributed by atoms with van der Waals surface area (Å²) in [6, 6.07) is 10.8. The van der Waals surface area contributed by atoms with E-state index in [0.717, 1.165) is 12.0 Å². The molecule has 0 atom stereocenters. The van der Waals surface area contributed by atoms with Crippen LogP contribution in [0.2, 0.25) is 0 Å². The van der Waals surface area contributed by atoms with Crippen LogP contribution in [0.3, 0.4) is 0 Å². The number of hydrogen-bond donors (Lipinski definition) is 4. The summed E-state index contributed by atoms with van der Waals surface area (Å²) in [7, 11) is 1.67. The lowest BCUT2D eigenvalue weighted by Gasteiger charge is -2.19. The fourth-order valence-corrected chi connectivity index (χ4v) is 2.50. The van der Waals surface area contributed by atoms with Crippen LogP contribution in [0.1, 0.15) is 42.6 Å². The number of primary amides is 1. The number of carbonyl (C=O) groups is 2. The first kappa shape index (κ1) is 22.8. The highest BCUT2D eigenvalue weighted by Gasteiger charge is 2.16. The van der Waals surface area contributed by atoms with Gasteiger partial charge in [-0.1, -0.05) is 12.1 Å². The number of rotatable bonds is 7. The van der Waals surface area contributed by atoms with Gasteiger partial charge < -0.3 is 25.5 Å². The van der Waals surface area contributed by atoms with Gasteiger partial charge in [0.2, 0.25) is 0 Å². The van der Waals surface area contributed by atoms with Crippen LogP contribution in [0.4, 0.5) is 10.5 Å². The second-order valence-corrected chi connectivity index (χ2v) is 7.56. The van der Waals surface area contributed by atoms with E-state index in [0.29, 0.717) is 30.5 Å². The number of amides is 2. The van der Waals surface area contributed by atoms with Gasteiger partial charge in [-0.15, -0.1) is 0 Å². The van der Waals surface area contributed by atoms with Gasteiger partial charge >= 0.3 is 6.09 Å². The average molecular weight is 415 g/mol. The number of guanidine groups is 1. The third kappa shape index (κ3) is 7.86. The summed E-state index contributed by atoms with van der Waals surface area (Å²) in [4.78, 5) is 27.0. The Hall–Kier alpha value is -3.49. The highest BCUT2D eigenvalue weighted by molar-refractivity contribution is 5.89. The molecular formula is C21H29N5O4. The highest BCUT2D eigenvalue weighted by atomic mass is 16.6. The van der Waals surface area contributed by atoms with Crippen LogP contribution in [-0.4, -0.2) is 37.2 Å². The number of aliphatic imine (C=N–C) groups is 1. The normalized spacial score (nSPS) is 11.7. The van der Waals surface area contributed by atoms with Crippen molar-refractivity contribution in [2.45, 2.75) is 39.3 Å². The van der Waals surface area contributed by atoms with E-state index in [9.17, 15) is 9.59 Å². The number of anilines is 1. The van der Waals surface area contributed by atoms with E-state index < -0.39 is 17.6 Å². The van der Waals surface area contributed by atoms with E-state index in [1.165, 1.54) is 6.07 Å². The van der Waals surface area contributed by atoms with Gasteiger partial charge in [-0.3, -0.25) is 15.1 Å². The maximum Gasteiger partial charge on any atom is 0.412 e. The minimum absolute atomic E-state index is 0.124. The van der Waals surface area contributed by atoms with Gasteiger partial charge in [-0.05, 0) is 57.0 Å². The fraction of sp³-hybridized carbons (Fsp3) is 0.381. The molecule has 0 aliphatic heterocycles. The summed E-state index contributed by atoms with van der Waals surface area (Å²) in [6.45, 7) is 6.48. The first-order valence-electron chi connectivity index (χ1n) is 9.58. The molecule has 1 aromatic heterocycles. The number of hydrogen-bond acceptors (Lipinski definition) is 5. The lowest BCUT2D eigenvalue weighted by molar-refractivity contribution is 0.0635. The fourth-order valence-electron chi connectivity index (χ4n) is 2.50. The minimum Gasteiger partial charge on any atom is -0.454 e. The molecule has 0 saturated heterocycles. The maximum absolute atomic E-state index is 11.8. The lowest BCUT2D eigenvalue weighted by Crippen LogP contribution is -2.37. The van der Waals surface area contributed by atoms with Crippen molar-refractivity contribution in [3.8, 4) is 0 Å². The molecular weight excluding hydrogens is 386 g/mol. The van der Waals surface area contributed by atoms with Crippen LogP contribution in [0, 0.1) is 0 Å². The summed E-state index contributed by atoms with van der Waals surface area (Å²) in [5.41, 5.74) is 6.41. The summed E-state index contributed by atoms with van der Waals surface area (Å²) in [5, 5.41) is 9.02. The van der Waals surface area contributed by atoms with Crippen molar-refractivity contribution >= 4 is 23.6 Å². The van der Waals surface area contributed by atoms with Gasteiger partial charge in [0.05, 0.1) is 6.54 Å². The quantitative estimate of drug-likeness (QED) is 0.406. The van der Waals surface area contributed by atoms with Crippen LogP contribution in [0.15, 0.2) is 45.8 Å². The Morgan fingerprint density at radius 3 is 2.37 bits per heavy atom. The number of nitrogens with one attached hydrogen (secondary N) is 3. The molecule has 1 aromatic carbocycles. The monoisotopic (exact) mass is 415 g/mol. The molecule has 0 aliphatic carbocycles. The number of nitrogens with two attached hydrogens (primary N) is 1. The van der Waals surface area contributed by atoms with Crippen LogP contribution in [-0.2, 0) is 17.7 Å². The SMILES string of the molecule is CN=C(NCCc1ccc(NC(=O)OC(C)(C)C)cc1)NCc1ccc(C(N)=O)o1. The first-order chi connectivity index (χ1) is 14.2. The van der Waals surface area contributed by atoms with Crippen LogP contribution in [0.25, 0.3) is 0 Å². The topological polar surface area (TPSA) is 131 Å². The molecule has 9 heteroatoms. The van der Waals surface area contributed by atoms with E-state index >= 15 is 0 Å². The number of ether oxygens (including phenoxy) is 1. The van der Waals surface area contributed by atoms with E-state index in [1.54, 1.807) is 13.1 Å². The largest absolute Gasteiger partial charge is 0.454 e. The molecule has 1 heterocycles. The molecule has 2 aromatic rings. The minimum atomic E-state index is -0.601. The van der Waals surface area contributed by atoms with Crippen LogP contribution in [0.5, 0.6) is 0 Å². The Morgan fingerprint density at radius 2 is 1.80 bits per heavy atom. The first-order valence-corrected chi connectivity index (χ1v) is 9.58. The van der Waals surface area contributed by atoms with Gasteiger partial charge in [0, 0.05) is 19.3 Å². The van der Waals surface area contributed by atoms with E-state index in [2.05, 4.69) is 20.9 Å². The third-order valence-electron chi connectivity index (χ3n) is 3.86. The molecule has 30 heavy (non-hydrogen) atoms. The van der Waals surface area contributed by atoms with Crippen molar-refractivity contribution in [3.63, 3.8) is 0 Å². The van der Waals surface area contributed by atoms with Crippen molar-refractivity contribution < 1.29 is 18.7 Å². The molecule has 2 amide bonds. The summed E-state index contributed by atoms with van der Waals surface area (Å²) < 4.78 is 10.6. The standard InChI is InChI=1S/C21H29N5O4/c1-21(2,3)30-20(28)26-15-7-5-14(6-8-15)11-12-24-19(23-4)25-13-16-9-10-17(29-16)18(22)27/h5-10H,11-13H2,1-4H3,(H2,22,27)(H,26,28)(H2,23,24,25). The van der Waals surface area contributed by atoms with Crippen LogP contribution < -0.4 is 21.7 Å². The molecule has 0 spiro atoms. The zero-order valence-electron chi connectivity index (χ0n) is 17.7. The Bertz CT molecular complexity index is 882. The van der Waals surface area contributed by atoms with Crippen molar-refractivity contribution in [3.05, 3.63) is 53.5 Å². The number of nitrogens with zero attached hydrogens (tertiary/aromatic N) is 1. The van der Waals surface area contributed by atoms with Crippen molar-refractivity contribution in [2.75, 3.05) is 18.9 Å². The smallest absolute Gasteiger partial charge is 0.412 e. The second kappa shape index (κ2) is 10.3. The summed E-state index contributed by atoms with van der Waals surface area (Å²) in [5.74, 6) is 0.713. The number of furan rings is 1. The summed E-state index contributed by atoms with van der Waals surface area (Å²) >= 11 is 0. The van der Waals surface area contributed by atoms with Gasteiger partial charge in [-0.2, -0.15) is 0 Å². The van der Waals surface area contributed by atoms with E-state index in [4.69, 9.17) is 14.9 Å². The van der Waals surface area contributed by atoms with Crippen molar-refractivity contribution in [1.82, 2.24) is 10.6 Å². The molecule has 0 saturated carbocycles. The molecule has 5 N–H and O–H groups in total. The zero-order chi connectivity index (χ0) is 22.1. The van der Waals surface area contributed by atoms with E-state index in [1.807, 2.05) is 45.0 Å². The molecule has 0 aliphatic rings.